The molecule has 1 amide bonds. The van der Waals surface area contributed by atoms with E-state index in [-0.39, 0.29) is 5.91 Å². The maximum Gasteiger partial charge on any atom is 0.236 e. The Kier molecular flexibility index (Phi) is 6.80. The fourth-order valence-electron chi connectivity index (χ4n) is 1.73. The molecule has 2 aromatic carbocycles. The van der Waals surface area contributed by atoms with E-state index < -0.39 is 0 Å². The fraction of sp³-hybridized carbons (Fsp3) is 0.125. The molecular formula is C16H13Br3N2O2. The molecule has 120 valence electrons. The summed E-state index contributed by atoms with van der Waals surface area (Å²) in [6.45, 7) is 1.87. The Hall–Kier alpha value is -1.18. The minimum atomic E-state index is -0.214. The summed E-state index contributed by atoms with van der Waals surface area (Å²) in [5.41, 5.74) is 4.26. The molecule has 0 spiro atoms. The van der Waals surface area contributed by atoms with Crippen molar-refractivity contribution in [1.82, 2.24) is 5.43 Å². The van der Waals surface area contributed by atoms with E-state index in [1.54, 1.807) is 6.21 Å². The van der Waals surface area contributed by atoms with Crippen LogP contribution < -0.4 is 10.2 Å². The van der Waals surface area contributed by atoms with Crippen LogP contribution in [0.15, 0.2) is 54.9 Å². The van der Waals surface area contributed by atoms with Crippen LogP contribution in [-0.2, 0) is 11.4 Å². The number of carbonyl (C=O) groups excluding carboxylic acids is 1. The van der Waals surface area contributed by atoms with Gasteiger partial charge in [0.2, 0.25) is 5.91 Å². The molecule has 4 nitrogen and oxygen atoms in total. The van der Waals surface area contributed by atoms with Crippen LogP contribution >= 0.6 is 47.8 Å². The van der Waals surface area contributed by atoms with Crippen molar-refractivity contribution in [3.05, 3.63) is 60.9 Å². The molecule has 0 radical (unpaired) electrons. The number of hydrogen-bond acceptors (Lipinski definition) is 3. The molecule has 0 fully saturated rings. The maximum atomic E-state index is 10.8. The molecule has 0 aliphatic carbocycles. The average Bonchev–Trinajstić information content (AvgIpc) is 2.48. The monoisotopic (exact) mass is 502 g/mol. The van der Waals surface area contributed by atoms with E-state index in [2.05, 4.69) is 58.3 Å². The van der Waals surface area contributed by atoms with Crippen LogP contribution in [0.2, 0.25) is 0 Å². The minimum absolute atomic E-state index is 0.214. The van der Waals surface area contributed by atoms with Crippen LogP contribution in [0.1, 0.15) is 18.1 Å². The Morgan fingerprint density at radius 3 is 2.35 bits per heavy atom. The predicted octanol–water partition coefficient (Wildman–Crippen LogP) is 5.02. The van der Waals surface area contributed by atoms with Crippen LogP contribution in [0, 0.1) is 0 Å². The first-order chi connectivity index (χ1) is 11.0. The van der Waals surface area contributed by atoms with Gasteiger partial charge in [-0.05, 0) is 67.3 Å². The number of amides is 1. The van der Waals surface area contributed by atoms with Gasteiger partial charge >= 0.3 is 0 Å². The summed E-state index contributed by atoms with van der Waals surface area (Å²) in [5.74, 6) is 0.499. The number of hydrogen-bond donors (Lipinski definition) is 1. The lowest BCUT2D eigenvalue weighted by Crippen LogP contribution is -2.12. The maximum absolute atomic E-state index is 10.8. The SMILES string of the molecule is CC(=O)N/N=C\c1cc(Br)c(OCc2ccc(Br)cc2)c(Br)c1. The molecule has 2 rings (SSSR count). The number of ether oxygens (including phenoxy) is 1. The number of nitrogens with zero attached hydrogens (tertiary/aromatic N) is 1. The zero-order valence-electron chi connectivity index (χ0n) is 12.1. The van der Waals surface area contributed by atoms with Gasteiger partial charge in [-0.2, -0.15) is 5.10 Å². The van der Waals surface area contributed by atoms with Gasteiger partial charge < -0.3 is 4.74 Å². The van der Waals surface area contributed by atoms with E-state index in [1.165, 1.54) is 6.92 Å². The molecule has 23 heavy (non-hydrogen) atoms. The second-order valence-corrected chi connectivity index (χ2v) is 7.28. The summed E-state index contributed by atoms with van der Waals surface area (Å²) in [7, 11) is 0. The molecule has 0 aromatic heterocycles. The van der Waals surface area contributed by atoms with E-state index in [4.69, 9.17) is 4.74 Å². The third-order valence-corrected chi connectivity index (χ3v) is 4.46. The topological polar surface area (TPSA) is 50.7 Å². The Morgan fingerprint density at radius 1 is 1.17 bits per heavy atom. The predicted molar refractivity (Wildman–Crippen MR) is 102 cm³/mol. The van der Waals surface area contributed by atoms with Gasteiger partial charge in [0, 0.05) is 11.4 Å². The van der Waals surface area contributed by atoms with Crippen molar-refractivity contribution >= 4 is 59.9 Å². The van der Waals surface area contributed by atoms with Crippen molar-refractivity contribution < 1.29 is 9.53 Å². The quantitative estimate of drug-likeness (QED) is 0.459. The molecule has 0 aliphatic rings. The first-order valence-electron chi connectivity index (χ1n) is 6.61. The van der Waals surface area contributed by atoms with Crippen LogP contribution in [0.5, 0.6) is 5.75 Å². The van der Waals surface area contributed by atoms with Crippen molar-refractivity contribution in [2.45, 2.75) is 13.5 Å². The number of hydrazone groups is 1. The van der Waals surface area contributed by atoms with Gasteiger partial charge in [0.1, 0.15) is 12.4 Å². The van der Waals surface area contributed by atoms with Crippen molar-refractivity contribution in [2.24, 2.45) is 5.10 Å². The Bertz CT molecular complexity index is 708. The Balaban J connectivity index is 2.09. The molecule has 1 N–H and O–H groups in total. The highest BCUT2D eigenvalue weighted by molar-refractivity contribution is 9.11. The van der Waals surface area contributed by atoms with Crippen LogP contribution in [0.25, 0.3) is 0 Å². The lowest BCUT2D eigenvalue weighted by atomic mass is 10.2. The number of halogens is 3. The molecule has 0 saturated heterocycles. The number of carbonyl (C=O) groups is 1. The molecule has 0 unspecified atom stereocenters. The van der Waals surface area contributed by atoms with Gasteiger partial charge in [-0.25, -0.2) is 5.43 Å². The zero-order chi connectivity index (χ0) is 16.8. The number of rotatable bonds is 5. The van der Waals surface area contributed by atoms with Crippen molar-refractivity contribution in [2.75, 3.05) is 0 Å². The summed E-state index contributed by atoms with van der Waals surface area (Å²) in [6.07, 6.45) is 1.56. The molecule has 0 heterocycles. The van der Waals surface area contributed by atoms with Gasteiger partial charge in [-0.1, -0.05) is 28.1 Å². The van der Waals surface area contributed by atoms with E-state index in [0.29, 0.717) is 12.4 Å². The van der Waals surface area contributed by atoms with Gasteiger partial charge in [0.05, 0.1) is 15.2 Å². The van der Waals surface area contributed by atoms with E-state index in [9.17, 15) is 4.79 Å². The zero-order valence-corrected chi connectivity index (χ0v) is 16.9. The summed E-state index contributed by atoms with van der Waals surface area (Å²) in [5, 5.41) is 3.84. The first kappa shape index (κ1) is 18.2. The van der Waals surface area contributed by atoms with Crippen molar-refractivity contribution in [1.29, 1.82) is 0 Å². The highest BCUT2D eigenvalue weighted by Gasteiger charge is 2.09. The summed E-state index contributed by atoms with van der Waals surface area (Å²) < 4.78 is 8.50. The first-order valence-corrected chi connectivity index (χ1v) is 8.99. The van der Waals surface area contributed by atoms with Crippen LogP contribution in [-0.4, -0.2) is 12.1 Å². The fourth-order valence-corrected chi connectivity index (χ4v) is 3.44. The van der Waals surface area contributed by atoms with E-state index in [0.717, 1.165) is 24.5 Å². The van der Waals surface area contributed by atoms with Gasteiger partial charge in [0.15, 0.2) is 0 Å². The molecular weight excluding hydrogens is 492 g/mol. The van der Waals surface area contributed by atoms with Crippen molar-refractivity contribution in [3.8, 4) is 5.75 Å². The average molecular weight is 505 g/mol. The van der Waals surface area contributed by atoms with Crippen molar-refractivity contribution in [3.63, 3.8) is 0 Å². The second-order valence-electron chi connectivity index (χ2n) is 4.66. The largest absolute Gasteiger partial charge is 0.487 e. The van der Waals surface area contributed by atoms with Gasteiger partial charge in [0.25, 0.3) is 0 Å². The molecule has 2 aromatic rings. The molecule has 0 bridgehead atoms. The van der Waals surface area contributed by atoms with E-state index in [1.807, 2.05) is 36.4 Å². The summed E-state index contributed by atoms with van der Waals surface area (Å²) in [6, 6.07) is 11.7. The second kappa shape index (κ2) is 8.61. The Morgan fingerprint density at radius 2 is 1.78 bits per heavy atom. The molecule has 0 aliphatic heterocycles. The lowest BCUT2D eigenvalue weighted by Gasteiger charge is -2.11. The highest BCUT2D eigenvalue weighted by atomic mass is 79.9. The van der Waals surface area contributed by atoms with Crippen LogP contribution in [0.4, 0.5) is 0 Å². The normalized spacial score (nSPS) is 10.8. The van der Waals surface area contributed by atoms with Gasteiger partial charge in [-0.15, -0.1) is 0 Å². The minimum Gasteiger partial charge on any atom is -0.487 e. The molecule has 0 saturated carbocycles. The number of benzene rings is 2. The lowest BCUT2D eigenvalue weighted by molar-refractivity contribution is -0.118. The van der Waals surface area contributed by atoms with E-state index >= 15 is 0 Å². The standard InChI is InChI=1S/C16H13Br3N2O2/c1-10(22)21-20-8-12-6-14(18)16(15(19)7-12)23-9-11-2-4-13(17)5-3-11/h2-8H,9H2,1H3,(H,21,22)/b20-8-. The highest BCUT2D eigenvalue weighted by Crippen LogP contribution is 2.35. The Labute approximate surface area is 159 Å². The summed E-state index contributed by atoms with van der Waals surface area (Å²) >= 11 is 10.4. The molecule has 7 heteroatoms. The third-order valence-electron chi connectivity index (χ3n) is 2.75. The smallest absolute Gasteiger partial charge is 0.236 e. The van der Waals surface area contributed by atoms with Crippen LogP contribution in [0.3, 0.4) is 0 Å². The molecule has 0 atom stereocenters. The summed E-state index contributed by atoms with van der Waals surface area (Å²) in [4.78, 5) is 10.8. The van der Waals surface area contributed by atoms with Gasteiger partial charge in [-0.3, -0.25) is 4.79 Å². The third kappa shape index (κ3) is 5.75. The number of nitrogens with one attached hydrogen (secondary N) is 1.